The van der Waals surface area contributed by atoms with Gasteiger partial charge in [0.15, 0.2) is 0 Å². The third-order valence-corrected chi connectivity index (χ3v) is 3.07. The molecule has 2 N–H and O–H groups in total. The van der Waals surface area contributed by atoms with Gasteiger partial charge in [-0.15, -0.1) is 0 Å². The molecule has 1 aliphatic heterocycles. The number of rotatable bonds is 3. The van der Waals surface area contributed by atoms with Crippen LogP contribution >= 0.6 is 0 Å². The SMILES string of the molecule is Cc1ccc(C(=O)NCC2=CCNCC2)cc1F. The topological polar surface area (TPSA) is 41.1 Å². The molecule has 0 aliphatic carbocycles. The number of carbonyl (C=O) groups is 1. The fourth-order valence-electron chi connectivity index (χ4n) is 1.86. The Morgan fingerprint density at radius 1 is 1.50 bits per heavy atom. The molecule has 0 spiro atoms. The fourth-order valence-corrected chi connectivity index (χ4v) is 1.86. The highest BCUT2D eigenvalue weighted by molar-refractivity contribution is 5.94. The summed E-state index contributed by atoms with van der Waals surface area (Å²) in [5.74, 6) is -0.572. The molecule has 1 amide bonds. The average molecular weight is 248 g/mol. The molecule has 96 valence electrons. The fraction of sp³-hybridized carbons (Fsp3) is 0.357. The van der Waals surface area contributed by atoms with Crippen molar-refractivity contribution in [3.63, 3.8) is 0 Å². The quantitative estimate of drug-likeness (QED) is 0.801. The Kier molecular flexibility index (Phi) is 4.10. The molecule has 1 aliphatic rings. The van der Waals surface area contributed by atoms with Gasteiger partial charge in [0, 0.05) is 18.7 Å². The third kappa shape index (κ3) is 3.17. The molecule has 0 fully saturated rings. The van der Waals surface area contributed by atoms with Crippen molar-refractivity contribution < 1.29 is 9.18 Å². The van der Waals surface area contributed by atoms with Crippen LogP contribution in [0.15, 0.2) is 29.8 Å². The zero-order chi connectivity index (χ0) is 13.0. The van der Waals surface area contributed by atoms with E-state index in [2.05, 4.69) is 16.7 Å². The van der Waals surface area contributed by atoms with Crippen molar-refractivity contribution in [2.45, 2.75) is 13.3 Å². The van der Waals surface area contributed by atoms with Crippen LogP contribution in [0.4, 0.5) is 4.39 Å². The first-order chi connectivity index (χ1) is 8.66. The van der Waals surface area contributed by atoms with Crippen molar-refractivity contribution in [3.05, 3.63) is 46.8 Å². The average Bonchev–Trinajstić information content (AvgIpc) is 2.40. The summed E-state index contributed by atoms with van der Waals surface area (Å²) in [6.07, 6.45) is 3.03. The summed E-state index contributed by atoms with van der Waals surface area (Å²) >= 11 is 0. The second-order valence-corrected chi connectivity index (χ2v) is 4.46. The van der Waals surface area contributed by atoms with Crippen LogP contribution in [-0.2, 0) is 0 Å². The number of aryl methyl sites for hydroxylation is 1. The molecule has 0 atom stereocenters. The first kappa shape index (κ1) is 12.8. The maximum absolute atomic E-state index is 13.3. The van der Waals surface area contributed by atoms with E-state index in [1.165, 1.54) is 11.6 Å². The van der Waals surface area contributed by atoms with Gasteiger partial charge in [-0.1, -0.05) is 17.7 Å². The lowest BCUT2D eigenvalue weighted by Gasteiger charge is -2.14. The smallest absolute Gasteiger partial charge is 0.251 e. The summed E-state index contributed by atoms with van der Waals surface area (Å²) in [7, 11) is 0. The minimum absolute atomic E-state index is 0.228. The lowest BCUT2D eigenvalue weighted by Crippen LogP contribution is -2.29. The molecular formula is C14H17FN2O. The van der Waals surface area contributed by atoms with E-state index in [-0.39, 0.29) is 11.7 Å². The molecule has 18 heavy (non-hydrogen) atoms. The van der Waals surface area contributed by atoms with Gasteiger partial charge in [0.2, 0.25) is 0 Å². The van der Waals surface area contributed by atoms with Crippen molar-refractivity contribution in [3.8, 4) is 0 Å². The molecule has 2 rings (SSSR count). The lowest BCUT2D eigenvalue weighted by atomic mass is 10.1. The van der Waals surface area contributed by atoms with Gasteiger partial charge >= 0.3 is 0 Å². The van der Waals surface area contributed by atoms with E-state index in [9.17, 15) is 9.18 Å². The van der Waals surface area contributed by atoms with Crippen molar-refractivity contribution in [2.75, 3.05) is 19.6 Å². The van der Waals surface area contributed by atoms with Gasteiger partial charge < -0.3 is 10.6 Å². The molecule has 1 aromatic carbocycles. The Labute approximate surface area is 106 Å². The zero-order valence-corrected chi connectivity index (χ0v) is 10.4. The number of nitrogens with one attached hydrogen (secondary N) is 2. The van der Waals surface area contributed by atoms with Gasteiger partial charge in [-0.05, 0) is 37.6 Å². The van der Waals surface area contributed by atoms with Gasteiger partial charge in [-0.25, -0.2) is 4.39 Å². The molecule has 0 saturated carbocycles. The van der Waals surface area contributed by atoms with E-state index in [0.717, 1.165) is 19.5 Å². The van der Waals surface area contributed by atoms with E-state index in [1.807, 2.05) is 0 Å². The van der Waals surface area contributed by atoms with E-state index >= 15 is 0 Å². The molecule has 0 aromatic heterocycles. The van der Waals surface area contributed by atoms with Gasteiger partial charge in [0.25, 0.3) is 5.91 Å². The Bertz CT molecular complexity index is 483. The van der Waals surface area contributed by atoms with Crippen LogP contribution in [-0.4, -0.2) is 25.5 Å². The number of halogens is 1. The van der Waals surface area contributed by atoms with Crippen LogP contribution in [0.3, 0.4) is 0 Å². The second-order valence-electron chi connectivity index (χ2n) is 4.46. The number of benzene rings is 1. The van der Waals surface area contributed by atoms with Gasteiger partial charge in [-0.3, -0.25) is 4.79 Å². The molecule has 1 heterocycles. The van der Waals surface area contributed by atoms with Crippen molar-refractivity contribution in [1.82, 2.24) is 10.6 Å². The monoisotopic (exact) mass is 248 g/mol. The van der Waals surface area contributed by atoms with Crippen LogP contribution in [0.5, 0.6) is 0 Å². The molecule has 0 unspecified atom stereocenters. The summed E-state index contributed by atoms with van der Waals surface area (Å²) in [5, 5.41) is 6.02. The standard InChI is InChI=1S/C14H17FN2O/c1-10-2-3-12(8-13(10)15)14(18)17-9-11-4-6-16-7-5-11/h2-4,8,16H,5-7,9H2,1H3,(H,17,18). The van der Waals surface area contributed by atoms with E-state index in [0.29, 0.717) is 17.7 Å². The Morgan fingerprint density at radius 3 is 3.00 bits per heavy atom. The Morgan fingerprint density at radius 2 is 2.33 bits per heavy atom. The second kappa shape index (κ2) is 5.78. The highest BCUT2D eigenvalue weighted by Crippen LogP contribution is 2.09. The maximum Gasteiger partial charge on any atom is 0.251 e. The number of hydrogen-bond donors (Lipinski definition) is 2. The third-order valence-electron chi connectivity index (χ3n) is 3.07. The van der Waals surface area contributed by atoms with Crippen molar-refractivity contribution in [1.29, 1.82) is 0 Å². The van der Waals surface area contributed by atoms with Crippen LogP contribution < -0.4 is 10.6 Å². The van der Waals surface area contributed by atoms with E-state index < -0.39 is 0 Å². The zero-order valence-electron chi connectivity index (χ0n) is 10.4. The predicted octanol–water partition coefficient (Wildman–Crippen LogP) is 1.78. The molecule has 1 aromatic rings. The number of hydrogen-bond acceptors (Lipinski definition) is 2. The summed E-state index contributed by atoms with van der Waals surface area (Å²) in [5.41, 5.74) is 2.13. The lowest BCUT2D eigenvalue weighted by molar-refractivity contribution is 0.0956. The van der Waals surface area contributed by atoms with E-state index in [4.69, 9.17) is 0 Å². The number of carbonyl (C=O) groups excluding carboxylic acids is 1. The highest BCUT2D eigenvalue weighted by Gasteiger charge is 2.09. The molecule has 0 bridgehead atoms. The first-order valence-corrected chi connectivity index (χ1v) is 6.10. The summed E-state index contributed by atoms with van der Waals surface area (Å²) in [6.45, 7) is 4.01. The minimum Gasteiger partial charge on any atom is -0.348 e. The number of amides is 1. The summed E-state index contributed by atoms with van der Waals surface area (Å²) in [6, 6.07) is 4.54. The first-order valence-electron chi connectivity index (χ1n) is 6.10. The molecule has 3 nitrogen and oxygen atoms in total. The Hall–Kier alpha value is -1.68. The predicted molar refractivity (Wildman–Crippen MR) is 69.0 cm³/mol. The summed E-state index contributed by atoms with van der Waals surface area (Å²) < 4.78 is 13.3. The molecular weight excluding hydrogens is 231 g/mol. The summed E-state index contributed by atoms with van der Waals surface area (Å²) in [4.78, 5) is 11.8. The molecule has 0 saturated heterocycles. The highest BCUT2D eigenvalue weighted by atomic mass is 19.1. The normalized spacial score (nSPS) is 15.1. The van der Waals surface area contributed by atoms with Gasteiger partial charge in [-0.2, -0.15) is 0 Å². The van der Waals surface area contributed by atoms with Crippen molar-refractivity contribution in [2.24, 2.45) is 0 Å². The van der Waals surface area contributed by atoms with Gasteiger partial charge in [0.1, 0.15) is 5.82 Å². The maximum atomic E-state index is 13.3. The molecule has 4 heteroatoms. The van der Waals surface area contributed by atoms with E-state index in [1.54, 1.807) is 19.1 Å². The van der Waals surface area contributed by atoms with Crippen LogP contribution in [0.2, 0.25) is 0 Å². The van der Waals surface area contributed by atoms with Crippen LogP contribution in [0.25, 0.3) is 0 Å². The molecule has 0 radical (unpaired) electrons. The van der Waals surface area contributed by atoms with Crippen LogP contribution in [0.1, 0.15) is 22.3 Å². The largest absolute Gasteiger partial charge is 0.348 e. The minimum atomic E-state index is -0.344. The van der Waals surface area contributed by atoms with Gasteiger partial charge in [0.05, 0.1) is 0 Å². The van der Waals surface area contributed by atoms with Crippen molar-refractivity contribution >= 4 is 5.91 Å². The Balaban J connectivity index is 1.95. The van der Waals surface area contributed by atoms with Crippen LogP contribution in [0, 0.1) is 12.7 Å².